The van der Waals surface area contributed by atoms with E-state index < -0.39 is 0 Å². The number of nitrogen functional groups attached to an aromatic ring is 1. The molecule has 60 valence electrons. The van der Waals surface area contributed by atoms with Gasteiger partial charge in [0.2, 0.25) is 0 Å². The fourth-order valence-corrected chi connectivity index (χ4v) is 1.05. The summed E-state index contributed by atoms with van der Waals surface area (Å²) in [6.45, 7) is 0. The van der Waals surface area contributed by atoms with Gasteiger partial charge >= 0.3 is 0 Å². The highest BCUT2D eigenvalue weighted by atomic mass is 16.5. The quantitative estimate of drug-likeness (QED) is 0.431. The Labute approximate surface area is 68.0 Å². The summed E-state index contributed by atoms with van der Waals surface area (Å²) in [4.78, 5) is 0.450. The summed E-state index contributed by atoms with van der Waals surface area (Å²) in [5.74, 6) is 0.276. The highest BCUT2D eigenvalue weighted by Gasteiger charge is 2.07. The first-order valence-corrected chi connectivity index (χ1v) is 3.40. The van der Waals surface area contributed by atoms with Gasteiger partial charge in [0.05, 0.1) is 10.5 Å². The number of nitrogens with two attached hydrogens (primary N) is 1. The Bertz CT molecular complexity index is 388. The summed E-state index contributed by atoms with van der Waals surface area (Å²) in [6.07, 6.45) is 0. The monoisotopic (exact) mass is 162 g/mol. The molecule has 5 nitrogen and oxygen atoms in total. The number of rotatable bonds is 0. The molecule has 0 bridgehead atoms. The van der Waals surface area contributed by atoms with E-state index >= 15 is 0 Å². The molecule has 1 heterocycles. The van der Waals surface area contributed by atoms with Crippen molar-refractivity contribution in [2.75, 3.05) is 5.73 Å². The van der Waals surface area contributed by atoms with Gasteiger partial charge in [-0.15, -0.1) is 4.85 Å². The van der Waals surface area contributed by atoms with E-state index in [0.29, 0.717) is 15.7 Å². The maximum absolute atomic E-state index is 11.0. The van der Waals surface area contributed by atoms with Gasteiger partial charge in [-0.05, 0) is 12.1 Å². The maximum atomic E-state index is 11.0. The molecule has 0 aliphatic carbocycles. The Kier molecular flexibility index (Phi) is 1.30. The zero-order valence-electron chi connectivity index (χ0n) is 6.14. The van der Waals surface area contributed by atoms with Crippen molar-refractivity contribution in [2.24, 2.45) is 0 Å². The lowest BCUT2D eigenvalue weighted by atomic mass is 10.2. The number of fused-ring (bicyclic) bond motifs is 1. The molecule has 0 aliphatic rings. The third kappa shape index (κ3) is 0.833. The molecule has 5 heteroatoms. The van der Waals surface area contributed by atoms with Crippen LogP contribution in [0.5, 0.6) is 0 Å². The number of aromatic nitrogens is 3. The van der Waals surface area contributed by atoms with Gasteiger partial charge in [0.25, 0.3) is 5.82 Å². The molecule has 0 radical (unpaired) electrons. The SMILES string of the molecule is Nc1nn[n+]([O-])c2ccccc12. The predicted octanol–water partition coefficient (Wildman–Crippen LogP) is -0.155. The minimum absolute atomic E-state index is 0.276. The lowest BCUT2D eigenvalue weighted by molar-refractivity contribution is -0.648. The van der Waals surface area contributed by atoms with Crippen molar-refractivity contribution in [3.8, 4) is 0 Å². The van der Waals surface area contributed by atoms with Crippen LogP contribution in [0.25, 0.3) is 10.9 Å². The molecule has 0 spiro atoms. The summed E-state index contributed by atoms with van der Waals surface area (Å²) in [5, 5.41) is 18.4. The molecule has 0 fully saturated rings. The van der Waals surface area contributed by atoms with Crippen molar-refractivity contribution in [3.05, 3.63) is 29.5 Å². The van der Waals surface area contributed by atoms with E-state index in [4.69, 9.17) is 5.73 Å². The number of para-hydroxylation sites is 1. The van der Waals surface area contributed by atoms with E-state index in [1.807, 2.05) is 0 Å². The van der Waals surface area contributed by atoms with Crippen molar-refractivity contribution < 1.29 is 4.85 Å². The molecule has 0 saturated carbocycles. The number of anilines is 1. The fraction of sp³-hybridized carbons (Fsp3) is 0. The van der Waals surface area contributed by atoms with E-state index in [1.54, 1.807) is 24.3 Å². The van der Waals surface area contributed by atoms with E-state index in [2.05, 4.69) is 10.3 Å². The molecular weight excluding hydrogens is 156 g/mol. The minimum Gasteiger partial charge on any atom is -0.691 e. The number of hydrogen-bond acceptors (Lipinski definition) is 4. The van der Waals surface area contributed by atoms with Crippen LogP contribution in [-0.2, 0) is 0 Å². The van der Waals surface area contributed by atoms with Crippen molar-refractivity contribution in [3.63, 3.8) is 0 Å². The van der Waals surface area contributed by atoms with Gasteiger partial charge in [0.15, 0.2) is 5.52 Å². The maximum Gasteiger partial charge on any atom is 0.278 e. The number of benzene rings is 1. The van der Waals surface area contributed by atoms with Crippen LogP contribution in [-0.4, -0.2) is 10.3 Å². The van der Waals surface area contributed by atoms with Crippen LogP contribution in [0.4, 0.5) is 5.82 Å². The standard InChI is InChI=1S/C7H6N4O/c8-7-5-3-1-2-4-6(5)11(12)10-9-7/h1-4H,(H2,8,9). The Morgan fingerprint density at radius 1 is 1.33 bits per heavy atom. The Morgan fingerprint density at radius 3 is 2.83 bits per heavy atom. The molecule has 2 aromatic rings. The van der Waals surface area contributed by atoms with E-state index in [-0.39, 0.29) is 5.82 Å². The minimum atomic E-state index is 0.276. The van der Waals surface area contributed by atoms with E-state index in [0.717, 1.165) is 0 Å². The van der Waals surface area contributed by atoms with Crippen LogP contribution in [0.3, 0.4) is 0 Å². The summed E-state index contributed by atoms with van der Waals surface area (Å²) in [7, 11) is 0. The molecule has 1 aromatic heterocycles. The molecule has 0 saturated heterocycles. The highest BCUT2D eigenvalue weighted by Crippen LogP contribution is 2.12. The van der Waals surface area contributed by atoms with Gasteiger partial charge in [-0.3, -0.25) is 0 Å². The van der Waals surface area contributed by atoms with Gasteiger partial charge in [0.1, 0.15) is 5.21 Å². The van der Waals surface area contributed by atoms with Crippen LogP contribution in [0.2, 0.25) is 0 Å². The fourth-order valence-electron chi connectivity index (χ4n) is 1.05. The van der Waals surface area contributed by atoms with Crippen molar-refractivity contribution >= 4 is 16.7 Å². The summed E-state index contributed by atoms with van der Waals surface area (Å²) < 4.78 is 0. The van der Waals surface area contributed by atoms with Crippen LogP contribution in [0, 0.1) is 5.21 Å². The topological polar surface area (TPSA) is 78.7 Å². The van der Waals surface area contributed by atoms with Crippen LogP contribution in [0.15, 0.2) is 24.3 Å². The van der Waals surface area contributed by atoms with Gasteiger partial charge in [0, 0.05) is 0 Å². The normalized spacial score (nSPS) is 10.3. The van der Waals surface area contributed by atoms with Crippen LogP contribution in [0.1, 0.15) is 0 Å². The third-order valence-corrected chi connectivity index (χ3v) is 1.62. The van der Waals surface area contributed by atoms with Gasteiger partial charge in [-0.1, -0.05) is 12.1 Å². The van der Waals surface area contributed by atoms with Crippen LogP contribution >= 0.6 is 0 Å². The Morgan fingerprint density at radius 2 is 2.08 bits per heavy atom. The second-order valence-corrected chi connectivity index (χ2v) is 2.36. The molecule has 2 rings (SSSR count). The first-order chi connectivity index (χ1) is 5.79. The average Bonchev–Trinajstić information content (AvgIpc) is 2.12. The lowest BCUT2D eigenvalue weighted by Crippen LogP contribution is -2.33. The summed E-state index contributed by atoms with van der Waals surface area (Å²) in [5.41, 5.74) is 5.93. The molecule has 2 N–H and O–H groups in total. The number of nitrogens with zero attached hydrogens (tertiary/aromatic N) is 3. The zero-order chi connectivity index (χ0) is 8.55. The second-order valence-electron chi connectivity index (χ2n) is 2.36. The zero-order valence-corrected chi connectivity index (χ0v) is 6.14. The average molecular weight is 162 g/mol. The molecule has 0 amide bonds. The van der Waals surface area contributed by atoms with E-state index in [9.17, 15) is 5.21 Å². The molecule has 0 aliphatic heterocycles. The first kappa shape index (κ1) is 6.78. The second kappa shape index (κ2) is 2.30. The summed E-state index contributed by atoms with van der Waals surface area (Å²) in [6, 6.07) is 6.92. The van der Waals surface area contributed by atoms with Gasteiger partial charge in [-0.25, -0.2) is 0 Å². The molecule has 0 atom stereocenters. The molecule has 1 aromatic carbocycles. The summed E-state index contributed by atoms with van der Waals surface area (Å²) >= 11 is 0. The number of hydrogen-bond donors (Lipinski definition) is 1. The van der Waals surface area contributed by atoms with Crippen LogP contribution < -0.4 is 10.6 Å². The van der Waals surface area contributed by atoms with Crippen molar-refractivity contribution in [1.82, 2.24) is 10.3 Å². The Hall–Kier alpha value is -1.91. The molecular formula is C7H6N4O. The predicted molar refractivity (Wildman–Crippen MR) is 42.9 cm³/mol. The third-order valence-electron chi connectivity index (χ3n) is 1.62. The highest BCUT2D eigenvalue weighted by molar-refractivity contribution is 5.84. The first-order valence-electron chi connectivity index (χ1n) is 3.40. The Balaban J connectivity index is 2.95. The smallest absolute Gasteiger partial charge is 0.278 e. The molecule has 12 heavy (non-hydrogen) atoms. The van der Waals surface area contributed by atoms with Crippen molar-refractivity contribution in [2.45, 2.75) is 0 Å². The van der Waals surface area contributed by atoms with Gasteiger partial charge in [-0.2, -0.15) is 0 Å². The van der Waals surface area contributed by atoms with Gasteiger partial charge < -0.3 is 10.9 Å². The largest absolute Gasteiger partial charge is 0.691 e. The molecule has 0 unspecified atom stereocenters. The lowest BCUT2D eigenvalue weighted by Gasteiger charge is -2.00. The van der Waals surface area contributed by atoms with Crippen molar-refractivity contribution in [1.29, 1.82) is 0 Å². The van der Waals surface area contributed by atoms with E-state index in [1.165, 1.54) is 0 Å².